The second-order valence-electron chi connectivity index (χ2n) is 12.0. The molecule has 8 heteroatoms. The second-order valence-corrected chi connectivity index (χ2v) is 12.0. The molecule has 1 saturated carbocycles. The molecule has 0 radical (unpaired) electrons. The summed E-state index contributed by atoms with van der Waals surface area (Å²) in [5.74, 6) is 1.44. The quantitative estimate of drug-likeness (QED) is 0.147. The van der Waals surface area contributed by atoms with Crippen molar-refractivity contribution in [2.24, 2.45) is 0 Å². The molecule has 1 fully saturated rings. The van der Waals surface area contributed by atoms with Crippen molar-refractivity contribution >= 4 is 16.7 Å². The topological polar surface area (TPSA) is 92.9 Å². The molecular weight excluding hydrogens is 546 g/mol. The lowest BCUT2D eigenvalue weighted by Crippen LogP contribution is -2.42. The summed E-state index contributed by atoms with van der Waals surface area (Å²) < 4.78 is 0. The number of hydrogen-bond acceptors (Lipinski definition) is 5. The van der Waals surface area contributed by atoms with Crippen molar-refractivity contribution in [3.8, 4) is 0 Å². The van der Waals surface area contributed by atoms with Crippen molar-refractivity contribution in [2.75, 3.05) is 6.54 Å². The van der Waals surface area contributed by atoms with Gasteiger partial charge in [-0.25, -0.2) is 9.97 Å². The van der Waals surface area contributed by atoms with Crippen LogP contribution in [0.25, 0.3) is 10.8 Å². The third-order valence-electron chi connectivity index (χ3n) is 8.80. The van der Waals surface area contributed by atoms with E-state index in [1.54, 1.807) is 29.7 Å². The summed E-state index contributed by atoms with van der Waals surface area (Å²) in [6, 6.07) is 24.7. The SMILES string of the molecule is CCCN(Cc1ccc2ccccc2c1)C1CCC(NCc2ccc(C(=O)N(Cc3ncc[nH]3)Cc3ncc[nH]3)cc2)CC1. The molecule has 1 amide bonds. The second kappa shape index (κ2) is 14.5. The van der Waals surface area contributed by atoms with Crippen LogP contribution in [-0.2, 0) is 26.2 Å². The molecule has 2 heterocycles. The van der Waals surface area contributed by atoms with E-state index in [0.29, 0.717) is 30.7 Å². The highest BCUT2D eigenvalue weighted by molar-refractivity contribution is 5.94. The van der Waals surface area contributed by atoms with Crippen LogP contribution in [0, 0.1) is 0 Å². The van der Waals surface area contributed by atoms with Crippen LogP contribution in [0.5, 0.6) is 0 Å². The Hall–Kier alpha value is -4.27. The van der Waals surface area contributed by atoms with E-state index in [-0.39, 0.29) is 5.91 Å². The Bertz CT molecular complexity index is 1550. The Kier molecular flexibility index (Phi) is 9.79. The van der Waals surface area contributed by atoms with Gasteiger partial charge in [0, 0.05) is 55.5 Å². The first-order valence-electron chi connectivity index (χ1n) is 15.9. The zero-order chi connectivity index (χ0) is 30.1. The summed E-state index contributed by atoms with van der Waals surface area (Å²) >= 11 is 0. The number of nitrogens with zero attached hydrogens (tertiary/aromatic N) is 4. The predicted octanol–water partition coefficient (Wildman–Crippen LogP) is 6.44. The first-order valence-corrected chi connectivity index (χ1v) is 15.9. The predicted molar refractivity (Wildman–Crippen MR) is 175 cm³/mol. The van der Waals surface area contributed by atoms with Crippen LogP contribution in [0.3, 0.4) is 0 Å². The summed E-state index contributed by atoms with van der Waals surface area (Å²) in [5.41, 5.74) is 3.26. The van der Waals surface area contributed by atoms with Gasteiger partial charge in [0.1, 0.15) is 11.6 Å². The van der Waals surface area contributed by atoms with Crippen LogP contribution in [0.15, 0.2) is 91.5 Å². The molecule has 3 aromatic carbocycles. The number of nitrogens with one attached hydrogen (secondary N) is 3. The lowest BCUT2D eigenvalue weighted by Gasteiger charge is -2.37. The Labute approximate surface area is 259 Å². The molecule has 0 aliphatic heterocycles. The van der Waals surface area contributed by atoms with Crippen LogP contribution in [-0.4, -0.2) is 54.3 Å². The molecule has 1 aliphatic rings. The molecule has 3 N–H and O–H groups in total. The van der Waals surface area contributed by atoms with Crippen molar-refractivity contribution in [1.82, 2.24) is 35.1 Å². The summed E-state index contributed by atoms with van der Waals surface area (Å²) in [4.78, 5) is 32.7. The van der Waals surface area contributed by atoms with Gasteiger partial charge in [-0.05, 0) is 78.7 Å². The Balaban J connectivity index is 1.00. The van der Waals surface area contributed by atoms with Gasteiger partial charge in [-0.3, -0.25) is 9.69 Å². The van der Waals surface area contributed by atoms with Crippen molar-refractivity contribution in [1.29, 1.82) is 0 Å². The van der Waals surface area contributed by atoms with E-state index in [0.717, 1.165) is 31.3 Å². The van der Waals surface area contributed by atoms with Gasteiger partial charge in [0.05, 0.1) is 13.1 Å². The smallest absolute Gasteiger partial charge is 0.254 e. The van der Waals surface area contributed by atoms with Crippen LogP contribution in [0.2, 0.25) is 0 Å². The number of rotatable bonds is 13. The average Bonchev–Trinajstić information content (AvgIpc) is 3.78. The number of carbonyl (C=O) groups excluding carboxylic acids is 1. The molecule has 8 nitrogen and oxygen atoms in total. The van der Waals surface area contributed by atoms with Crippen LogP contribution in [0.1, 0.15) is 72.2 Å². The number of aromatic amines is 2. The number of amides is 1. The van der Waals surface area contributed by atoms with Crippen molar-refractivity contribution in [2.45, 2.75) is 77.3 Å². The van der Waals surface area contributed by atoms with Gasteiger partial charge >= 0.3 is 0 Å². The monoisotopic (exact) mass is 589 g/mol. The average molecular weight is 590 g/mol. The molecule has 0 bridgehead atoms. The maximum absolute atomic E-state index is 13.4. The molecule has 228 valence electrons. The molecule has 2 aromatic heterocycles. The summed E-state index contributed by atoms with van der Waals surface area (Å²) in [6.07, 6.45) is 12.9. The fraction of sp³-hybridized carbons (Fsp3) is 0.361. The van der Waals surface area contributed by atoms with E-state index >= 15 is 0 Å². The standard InChI is InChI=1S/C36H43N7O/c1-2-21-42(24-28-9-10-29-5-3-4-6-31(29)22-28)33-15-13-32(14-16-33)41-23-27-7-11-30(12-8-27)36(44)43(25-34-37-17-18-38-34)26-35-39-19-20-40-35/h3-12,17-20,22,32-33,41H,2,13-16,21,23-26H2,1H3,(H,37,38)(H,39,40). The number of H-pyrrole nitrogens is 2. The molecule has 0 unspecified atom stereocenters. The lowest BCUT2D eigenvalue weighted by molar-refractivity contribution is 0.0721. The molecule has 0 saturated heterocycles. The molecule has 0 spiro atoms. The number of hydrogen-bond donors (Lipinski definition) is 3. The molecule has 44 heavy (non-hydrogen) atoms. The number of benzene rings is 3. The van der Waals surface area contributed by atoms with Gasteiger partial charge in [0.25, 0.3) is 5.91 Å². The minimum absolute atomic E-state index is 0.0454. The maximum atomic E-state index is 13.4. The highest BCUT2D eigenvalue weighted by atomic mass is 16.2. The third-order valence-corrected chi connectivity index (χ3v) is 8.80. The number of aromatic nitrogens is 4. The van der Waals surface area contributed by atoms with Crippen LogP contribution in [0.4, 0.5) is 0 Å². The zero-order valence-electron chi connectivity index (χ0n) is 25.6. The van der Waals surface area contributed by atoms with E-state index in [9.17, 15) is 4.79 Å². The summed E-state index contributed by atoms with van der Waals surface area (Å²) in [7, 11) is 0. The highest BCUT2D eigenvalue weighted by Crippen LogP contribution is 2.26. The van der Waals surface area contributed by atoms with Crippen molar-refractivity contribution in [3.63, 3.8) is 0 Å². The normalized spacial score (nSPS) is 16.9. The molecule has 6 rings (SSSR count). The number of carbonyl (C=O) groups is 1. The van der Waals surface area contributed by atoms with Gasteiger partial charge in [-0.1, -0.05) is 55.5 Å². The highest BCUT2D eigenvalue weighted by Gasteiger charge is 2.26. The van der Waals surface area contributed by atoms with E-state index in [4.69, 9.17) is 0 Å². The number of imidazole rings is 2. The van der Waals surface area contributed by atoms with E-state index in [1.807, 2.05) is 12.1 Å². The zero-order valence-corrected chi connectivity index (χ0v) is 25.6. The molecule has 1 aliphatic carbocycles. The molecule has 5 aromatic rings. The van der Waals surface area contributed by atoms with Crippen LogP contribution < -0.4 is 5.32 Å². The Morgan fingerprint density at radius 3 is 2.11 bits per heavy atom. The molecule has 0 atom stereocenters. The minimum Gasteiger partial charge on any atom is -0.347 e. The largest absolute Gasteiger partial charge is 0.347 e. The minimum atomic E-state index is -0.0454. The maximum Gasteiger partial charge on any atom is 0.254 e. The van der Waals surface area contributed by atoms with Crippen LogP contribution >= 0.6 is 0 Å². The van der Waals surface area contributed by atoms with Gasteiger partial charge in [0.2, 0.25) is 0 Å². The van der Waals surface area contributed by atoms with E-state index in [2.05, 4.69) is 91.7 Å². The first-order chi connectivity index (χ1) is 21.6. The fourth-order valence-electron chi connectivity index (χ4n) is 6.43. The van der Waals surface area contributed by atoms with Gasteiger partial charge < -0.3 is 20.2 Å². The van der Waals surface area contributed by atoms with E-state index in [1.165, 1.54) is 54.0 Å². The van der Waals surface area contributed by atoms with Crippen molar-refractivity contribution in [3.05, 3.63) is 120 Å². The summed E-state index contributed by atoms with van der Waals surface area (Å²) in [5, 5.41) is 6.43. The Morgan fingerprint density at radius 2 is 1.48 bits per heavy atom. The fourth-order valence-corrected chi connectivity index (χ4v) is 6.43. The van der Waals surface area contributed by atoms with Gasteiger partial charge in [-0.2, -0.15) is 0 Å². The number of fused-ring (bicyclic) bond motifs is 1. The lowest BCUT2D eigenvalue weighted by atomic mass is 9.89. The summed E-state index contributed by atoms with van der Waals surface area (Å²) in [6.45, 7) is 6.03. The van der Waals surface area contributed by atoms with Crippen molar-refractivity contribution < 1.29 is 4.79 Å². The Morgan fingerprint density at radius 1 is 0.818 bits per heavy atom. The van der Waals surface area contributed by atoms with Gasteiger partial charge in [0.15, 0.2) is 0 Å². The van der Waals surface area contributed by atoms with Gasteiger partial charge in [-0.15, -0.1) is 0 Å². The first kappa shape index (κ1) is 29.8. The third kappa shape index (κ3) is 7.62. The molecular formula is C36H43N7O. The van der Waals surface area contributed by atoms with E-state index < -0.39 is 0 Å².